The summed E-state index contributed by atoms with van der Waals surface area (Å²) in [4.78, 5) is 15.9. The zero-order chi connectivity index (χ0) is 14.3. The average molecular weight is 335 g/mol. The first-order valence-corrected chi connectivity index (χ1v) is 6.64. The molecule has 0 radical (unpaired) electrons. The van der Waals surface area contributed by atoms with E-state index in [1.807, 2.05) is 23.9 Å². The van der Waals surface area contributed by atoms with Gasteiger partial charge in [-0.15, -0.1) is 0 Å². The lowest BCUT2D eigenvalue weighted by Gasteiger charge is -2.01. The first-order valence-electron chi connectivity index (χ1n) is 5.85. The summed E-state index contributed by atoms with van der Waals surface area (Å²) in [5.41, 5.74) is 1.27. The van der Waals surface area contributed by atoms with E-state index < -0.39 is 0 Å². The van der Waals surface area contributed by atoms with Crippen LogP contribution in [0.5, 0.6) is 0 Å². The van der Waals surface area contributed by atoms with Crippen molar-refractivity contribution >= 4 is 32.8 Å². The number of imidazole rings is 1. The summed E-state index contributed by atoms with van der Waals surface area (Å²) in [5, 5.41) is 5.31. The van der Waals surface area contributed by atoms with Crippen LogP contribution in [0.4, 0.5) is 0 Å². The molecule has 0 fully saturated rings. The van der Waals surface area contributed by atoms with Crippen molar-refractivity contribution in [1.82, 2.24) is 19.3 Å². The van der Waals surface area contributed by atoms with E-state index in [0.717, 1.165) is 10.9 Å². The summed E-state index contributed by atoms with van der Waals surface area (Å²) in [7, 11) is 3.25. The number of esters is 1. The fraction of sp³-hybridized carbons (Fsp3) is 0.154. The first kappa shape index (κ1) is 12.9. The van der Waals surface area contributed by atoms with E-state index in [4.69, 9.17) is 4.74 Å². The molecule has 0 aliphatic heterocycles. The van der Waals surface area contributed by atoms with Crippen LogP contribution in [0, 0.1) is 0 Å². The van der Waals surface area contributed by atoms with Crippen LogP contribution in [-0.4, -0.2) is 32.4 Å². The van der Waals surface area contributed by atoms with Crippen LogP contribution in [0.15, 0.2) is 35.3 Å². The summed E-state index contributed by atoms with van der Waals surface area (Å²) in [6.45, 7) is 0. The van der Waals surface area contributed by atoms with Gasteiger partial charge in [0.25, 0.3) is 0 Å². The standard InChI is InChI=1S/C13H11BrN4O2/c1-17-6-11(15-7-17)18-10-5-8(13(19)20-2)3-4-9(10)12(14)16-18/h3-7H,1-2H3. The summed E-state index contributed by atoms with van der Waals surface area (Å²) >= 11 is 3.42. The molecule has 6 nitrogen and oxygen atoms in total. The van der Waals surface area contributed by atoms with Crippen molar-refractivity contribution in [3.05, 3.63) is 40.9 Å². The fourth-order valence-corrected chi connectivity index (χ4v) is 2.50. The highest BCUT2D eigenvalue weighted by molar-refractivity contribution is 9.10. The normalized spacial score (nSPS) is 10.9. The number of benzene rings is 1. The number of hydrogen-bond acceptors (Lipinski definition) is 4. The highest BCUT2D eigenvalue weighted by Crippen LogP contribution is 2.26. The lowest BCUT2D eigenvalue weighted by Crippen LogP contribution is -2.02. The van der Waals surface area contributed by atoms with Crippen molar-refractivity contribution in [2.45, 2.75) is 0 Å². The zero-order valence-corrected chi connectivity index (χ0v) is 12.5. The monoisotopic (exact) mass is 334 g/mol. The van der Waals surface area contributed by atoms with Gasteiger partial charge in [0.15, 0.2) is 5.82 Å². The molecule has 7 heteroatoms. The van der Waals surface area contributed by atoms with Crippen LogP contribution in [0.2, 0.25) is 0 Å². The van der Waals surface area contributed by atoms with E-state index in [1.54, 1.807) is 23.1 Å². The molecule has 3 aromatic rings. The summed E-state index contributed by atoms with van der Waals surface area (Å²) in [5.74, 6) is 0.307. The van der Waals surface area contributed by atoms with Gasteiger partial charge in [0.1, 0.15) is 4.60 Å². The molecule has 0 atom stereocenters. The van der Waals surface area contributed by atoms with Crippen molar-refractivity contribution in [2.24, 2.45) is 7.05 Å². The number of carbonyl (C=O) groups is 1. The molecule has 0 amide bonds. The second kappa shape index (κ2) is 4.75. The third-order valence-electron chi connectivity index (χ3n) is 2.97. The van der Waals surface area contributed by atoms with Crippen molar-refractivity contribution < 1.29 is 9.53 Å². The molecule has 0 aliphatic rings. The number of methoxy groups -OCH3 is 1. The predicted molar refractivity (Wildman–Crippen MR) is 76.9 cm³/mol. The number of rotatable bonds is 2. The molecule has 3 rings (SSSR count). The number of nitrogens with zero attached hydrogens (tertiary/aromatic N) is 4. The Hall–Kier alpha value is -2.15. The predicted octanol–water partition coefficient (Wildman–Crippen LogP) is 2.31. The molecule has 0 bridgehead atoms. The van der Waals surface area contributed by atoms with E-state index >= 15 is 0 Å². The van der Waals surface area contributed by atoms with Gasteiger partial charge < -0.3 is 9.30 Å². The van der Waals surface area contributed by atoms with Crippen LogP contribution in [0.3, 0.4) is 0 Å². The molecule has 2 heterocycles. The van der Waals surface area contributed by atoms with E-state index in [1.165, 1.54) is 7.11 Å². The van der Waals surface area contributed by atoms with Gasteiger partial charge in [-0.1, -0.05) is 0 Å². The van der Waals surface area contributed by atoms with Gasteiger partial charge in [0.2, 0.25) is 0 Å². The molecule has 0 N–H and O–H groups in total. The quantitative estimate of drug-likeness (QED) is 0.674. The molecule has 0 saturated heterocycles. The van der Waals surface area contributed by atoms with Gasteiger partial charge in [-0.25, -0.2) is 14.5 Å². The number of fused-ring (bicyclic) bond motifs is 1. The SMILES string of the molecule is COC(=O)c1ccc2c(Br)nn(-c3cn(C)cn3)c2c1. The zero-order valence-electron chi connectivity index (χ0n) is 10.9. The van der Waals surface area contributed by atoms with Crippen molar-refractivity contribution in [3.8, 4) is 5.82 Å². The Morgan fingerprint density at radius 3 is 2.85 bits per heavy atom. The van der Waals surface area contributed by atoms with Crippen LogP contribution >= 0.6 is 15.9 Å². The minimum Gasteiger partial charge on any atom is -0.465 e. The third kappa shape index (κ3) is 2.00. The van der Waals surface area contributed by atoms with Gasteiger partial charge in [-0.3, -0.25) is 0 Å². The lowest BCUT2D eigenvalue weighted by atomic mass is 10.1. The number of aryl methyl sites for hydroxylation is 1. The summed E-state index contributed by atoms with van der Waals surface area (Å²) in [6, 6.07) is 5.29. The van der Waals surface area contributed by atoms with Gasteiger partial charge in [-0.2, -0.15) is 5.10 Å². The number of hydrogen-bond donors (Lipinski definition) is 0. The van der Waals surface area contributed by atoms with E-state index in [9.17, 15) is 4.79 Å². The summed E-state index contributed by atoms with van der Waals surface area (Å²) in [6.07, 6.45) is 3.55. The Bertz CT molecular complexity index is 806. The molecule has 2 aromatic heterocycles. The summed E-state index contributed by atoms with van der Waals surface area (Å²) < 4.78 is 8.97. The Morgan fingerprint density at radius 2 is 2.20 bits per heavy atom. The van der Waals surface area contributed by atoms with Gasteiger partial charge in [0.05, 0.1) is 24.5 Å². The van der Waals surface area contributed by atoms with Crippen LogP contribution in [0.1, 0.15) is 10.4 Å². The molecule has 0 spiro atoms. The molecule has 1 aromatic carbocycles. The minimum atomic E-state index is -0.378. The fourth-order valence-electron chi connectivity index (χ4n) is 2.00. The Morgan fingerprint density at radius 1 is 1.40 bits per heavy atom. The maximum atomic E-state index is 11.6. The largest absolute Gasteiger partial charge is 0.465 e. The van der Waals surface area contributed by atoms with Crippen molar-refractivity contribution in [1.29, 1.82) is 0 Å². The number of aromatic nitrogens is 4. The Kier molecular flexibility index (Phi) is 3.06. The number of carbonyl (C=O) groups excluding carboxylic acids is 1. The van der Waals surface area contributed by atoms with E-state index in [-0.39, 0.29) is 5.97 Å². The molecular weight excluding hydrogens is 324 g/mol. The maximum absolute atomic E-state index is 11.6. The number of halogens is 1. The van der Waals surface area contributed by atoms with Crippen LogP contribution in [0.25, 0.3) is 16.7 Å². The molecular formula is C13H11BrN4O2. The van der Waals surface area contributed by atoms with E-state index in [0.29, 0.717) is 16.0 Å². The van der Waals surface area contributed by atoms with Gasteiger partial charge >= 0.3 is 5.97 Å². The Labute approximate surface area is 123 Å². The van der Waals surface area contributed by atoms with Crippen LogP contribution < -0.4 is 0 Å². The Balaban J connectivity index is 2.24. The molecule has 20 heavy (non-hydrogen) atoms. The second-order valence-electron chi connectivity index (χ2n) is 4.32. The third-order valence-corrected chi connectivity index (χ3v) is 3.55. The average Bonchev–Trinajstić information content (AvgIpc) is 3.02. The topological polar surface area (TPSA) is 61.9 Å². The van der Waals surface area contributed by atoms with Gasteiger partial charge in [0, 0.05) is 18.6 Å². The number of ether oxygens (including phenoxy) is 1. The first-order chi connectivity index (χ1) is 9.60. The van der Waals surface area contributed by atoms with Crippen LogP contribution in [-0.2, 0) is 11.8 Å². The smallest absolute Gasteiger partial charge is 0.337 e. The highest BCUT2D eigenvalue weighted by Gasteiger charge is 2.14. The maximum Gasteiger partial charge on any atom is 0.337 e. The van der Waals surface area contributed by atoms with Crippen molar-refractivity contribution in [3.63, 3.8) is 0 Å². The lowest BCUT2D eigenvalue weighted by molar-refractivity contribution is 0.0601. The van der Waals surface area contributed by atoms with Gasteiger partial charge in [-0.05, 0) is 34.1 Å². The second-order valence-corrected chi connectivity index (χ2v) is 5.07. The molecule has 0 unspecified atom stereocenters. The molecule has 102 valence electrons. The molecule has 0 aliphatic carbocycles. The van der Waals surface area contributed by atoms with E-state index in [2.05, 4.69) is 26.0 Å². The molecule has 0 saturated carbocycles. The van der Waals surface area contributed by atoms with Crippen molar-refractivity contribution in [2.75, 3.05) is 7.11 Å². The minimum absolute atomic E-state index is 0.378. The highest BCUT2D eigenvalue weighted by atomic mass is 79.9.